The van der Waals surface area contributed by atoms with Crippen LogP contribution in [0.5, 0.6) is 0 Å². The third kappa shape index (κ3) is 4.28. The summed E-state index contributed by atoms with van der Waals surface area (Å²) in [6.45, 7) is 4.25. The topological polar surface area (TPSA) is 30.7 Å². The minimum absolute atomic E-state index is 0.553. The van der Waals surface area contributed by atoms with E-state index in [4.69, 9.17) is 39.8 Å². The monoisotopic (exact) mass is 475 g/mol. The molecule has 0 radical (unpaired) electrons. The molecule has 2 heterocycles. The van der Waals surface area contributed by atoms with Crippen LogP contribution in [-0.4, -0.2) is 14.5 Å². The maximum atomic E-state index is 6.55. The number of hydrogen-bond acceptors (Lipinski definition) is 3. The molecule has 4 rings (SSSR count). The Hall–Kier alpha value is -1.85. The first-order valence-corrected chi connectivity index (χ1v) is 11.7. The van der Waals surface area contributed by atoms with Gasteiger partial charge in [0.2, 0.25) is 0 Å². The van der Waals surface area contributed by atoms with Crippen LogP contribution < -0.4 is 0 Å². The zero-order valence-corrected chi connectivity index (χ0v) is 19.7. The number of unbranched alkanes of at least 4 members (excludes halogenated alkanes) is 1. The van der Waals surface area contributed by atoms with Crippen LogP contribution in [0.2, 0.25) is 15.1 Å². The Balaban J connectivity index is 1.89. The van der Waals surface area contributed by atoms with Crippen molar-refractivity contribution in [1.82, 2.24) is 14.5 Å². The van der Waals surface area contributed by atoms with Crippen molar-refractivity contribution in [2.75, 3.05) is 0 Å². The summed E-state index contributed by atoms with van der Waals surface area (Å²) in [5.41, 5.74) is 3.63. The first kappa shape index (κ1) is 21.4. The SMILES string of the molecule is CCCCc1cnc(-c2nc(-c3ccc(Cl)cc3Cl)n(-c3ccc(Cl)cc3)c2C)s1. The lowest BCUT2D eigenvalue weighted by molar-refractivity contribution is 0.803. The molecular formula is C23H20Cl3N3S. The quantitative estimate of drug-likeness (QED) is 0.280. The Morgan fingerprint density at radius 1 is 1.00 bits per heavy atom. The number of imidazole rings is 1. The van der Waals surface area contributed by atoms with Gasteiger partial charge in [0.15, 0.2) is 0 Å². The predicted octanol–water partition coefficient (Wildman–Crippen LogP) is 8.27. The normalized spacial score (nSPS) is 11.2. The molecule has 30 heavy (non-hydrogen) atoms. The molecule has 0 fully saturated rings. The predicted molar refractivity (Wildman–Crippen MR) is 128 cm³/mol. The van der Waals surface area contributed by atoms with Gasteiger partial charge >= 0.3 is 0 Å². The van der Waals surface area contributed by atoms with E-state index in [1.54, 1.807) is 17.4 Å². The van der Waals surface area contributed by atoms with Gasteiger partial charge in [-0.1, -0.05) is 48.1 Å². The van der Waals surface area contributed by atoms with E-state index in [1.807, 2.05) is 42.6 Å². The number of benzene rings is 2. The zero-order valence-electron chi connectivity index (χ0n) is 16.6. The summed E-state index contributed by atoms with van der Waals surface area (Å²) in [6.07, 6.45) is 5.33. The summed E-state index contributed by atoms with van der Waals surface area (Å²) in [7, 11) is 0. The van der Waals surface area contributed by atoms with Crippen molar-refractivity contribution in [2.24, 2.45) is 0 Å². The molecule has 0 saturated heterocycles. The highest BCUT2D eigenvalue weighted by atomic mass is 35.5. The summed E-state index contributed by atoms with van der Waals surface area (Å²) < 4.78 is 2.09. The van der Waals surface area contributed by atoms with E-state index in [0.29, 0.717) is 15.1 Å². The van der Waals surface area contributed by atoms with E-state index in [9.17, 15) is 0 Å². The van der Waals surface area contributed by atoms with Crippen molar-refractivity contribution in [3.63, 3.8) is 0 Å². The summed E-state index contributed by atoms with van der Waals surface area (Å²) in [6, 6.07) is 13.2. The van der Waals surface area contributed by atoms with Gasteiger partial charge in [-0.15, -0.1) is 11.3 Å². The maximum Gasteiger partial charge on any atom is 0.147 e. The van der Waals surface area contributed by atoms with Crippen molar-refractivity contribution in [3.05, 3.63) is 74.3 Å². The van der Waals surface area contributed by atoms with E-state index >= 15 is 0 Å². The van der Waals surface area contributed by atoms with Gasteiger partial charge in [0.1, 0.15) is 16.5 Å². The van der Waals surface area contributed by atoms with Crippen LogP contribution >= 0.6 is 46.1 Å². The fraction of sp³-hybridized carbons (Fsp3) is 0.217. The molecule has 154 valence electrons. The second kappa shape index (κ2) is 9.11. The van der Waals surface area contributed by atoms with E-state index in [2.05, 4.69) is 23.4 Å². The number of rotatable bonds is 6. The molecule has 2 aromatic heterocycles. The van der Waals surface area contributed by atoms with Gasteiger partial charge in [-0.3, -0.25) is 4.57 Å². The molecule has 0 amide bonds. The largest absolute Gasteiger partial charge is 0.296 e. The molecule has 0 aliphatic carbocycles. The molecule has 0 aliphatic rings. The van der Waals surface area contributed by atoms with Crippen LogP contribution in [-0.2, 0) is 6.42 Å². The minimum Gasteiger partial charge on any atom is -0.296 e. The summed E-state index contributed by atoms with van der Waals surface area (Å²) >= 11 is 20.5. The van der Waals surface area contributed by atoms with Crippen LogP contribution in [0.25, 0.3) is 27.8 Å². The highest BCUT2D eigenvalue weighted by molar-refractivity contribution is 7.15. The van der Waals surface area contributed by atoms with Crippen molar-refractivity contribution in [1.29, 1.82) is 0 Å². The van der Waals surface area contributed by atoms with Crippen molar-refractivity contribution < 1.29 is 0 Å². The van der Waals surface area contributed by atoms with E-state index < -0.39 is 0 Å². The van der Waals surface area contributed by atoms with Crippen LogP contribution in [0.4, 0.5) is 0 Å². The third-order valence-corrected chi connectivity index (χ3v) is 6.76. The van der Waals surface area contributed by atoms with Crippen LogP contribution in [0.1, 0.15) is 30.3 Å². The number of hydrogen-bond donors (Lipinski definition) is 0. The van der Waals surface area contributed by atoms with Gasteiger partial charge in [0.25, 0.3) is 0 Å². The molecule has 0 saturated carbocycles. The van der Waals surface area contributed by atoms with Gasteiger partial charge in [-0.25, -0.2) is 9.97 Å². The number of thiazole rings is 1. The molecule has 0 unspecified atom stereocenters. The molecular weight excluding hydrogens is 457 g/mol. The van der Waals surface area contributed by atoms with Gasteiger partial charge in [-0.2, -0.15) is 0 Å². The van der Waals surface area contributed by atoms with Crippen LogP contribution in [0, 0.1) is 6.92 Å². The molecule has 0 atom stereocenters. The Labute approximate surface area is 195 Å². The van der Waals surface area contributed by atoms with Gasteiger partial charge < -0.3 is 0 Å². The average Bonchev–Trinajstić information content (AvgIpc) is 3.32. The lowest BCUT2D eigenvalue weighted by Crippen LogP contribution is -2.00. The fourth-order valence-corrected chi connectivity index (χ4v) is 4.96. The van der Waals surface area contributed by atoms with E-state index in [-0.39, 0.29) is 0 Å². The molecule has 7 heteroatoms. The number of aryl methyl sites for hydroxylation is 1. The van der Waals surface area contributed by atoms with Gasteiger partial charge in [0.05, 0.1) is 10.7 Å². The van der Waals surface area contributed by atoms with Crippen molar-refractivity contribution >= 4 is 46.1 Å². The first-order valence-electron chi connectivity index (χ1n) is 9.73. The van der Waals surface area contributed by atoms with Gasteiger partial charge in [-0.05, 0) is 62.2 Å². The second-order valence-electron chi connectivity index (χ2n) is 7.04. The Morgan fingerprint density at radius 2 is 1.73 bits per heavy atom. The van der Waals surface area contributed by atoms with Gasteiger partial charge in [0, 0.05) is 32.4 Å². The van der Waals surface area contributed by atoms with E-state index in [0.717, 1.165) is 52.7 Å². The molecule has 2 aromatic carbocycles. The minimum atomic E-state index is 0.553. The van der Waals surface area contributed by atoms with Crippen molar-refractivity contribution in [2.45, 2.75) is 33.1 Å². The highest BCUT2D eigenvalue weighted by Gasteiger charge is 2.21. The van der Waals surface area contributed by atoms with Crippen LogP contribution in [0.3, 0.4) is 0 Å². The standard InChI is InChI=1S/C23H20Cl3N3S/c1-3-4-5-18-13-27-23(30-18)21-14(2)29(17-9-6-15(24)7-10-17)22(28-21)19-11-8-16(25)12-20(19)26/h6-13H,3-5H2,1-2H3. The average molecular weight is 477 g/mol. The maximum absolute atomic E-state index is 6.55. The summed E-state index contributed by atoms with van der Waals surface area (Å²) in [4.78, 5) is 10.9. The Kier molecular flexibility index (Phi) is 6.49. The number of aromatic nitrogens is 3. The van der Waals surface area contributed by atoms with Crippen LogP contribution in [0.15, 0.2) is 48.7 Å². The van der Waals surface area contributed by atoms with E-state index in [1.165, 1.54) is 4.88 Å². The zero-order chi connectivity index (χ0) is 21.3. The molecule has 3 nitrogen and oxygen atoms in total. The fourth-order valence-electron chi connectivity index (χ4n) is 3.35. The molecule has 4 aromatic rings. The number of nitrogens with zero attached hydrogens (tertiary/aromatic N) is 3. The molecule has 0 aliphatic heterocycles. The summed E-state index contributed by atoms with van der Waals surface area (Å²) in [5.74, 6) is 0.747. The molecule has 0 N–H and O–H groups in total. The van der Waals surface area contributed by atoms with Crippen molar-refractivity contribution in [3.8, 4) is 27.8 Å². The highest BCUT2D eigenvalue weighted by Crippen LogP contribution is 2.37. The smallest absolute Gasteiger partial charge is 0.147 e. The Bertz CT molecular complexity index is 1180. The number of halogens is 3. The Morgan fingerprint density at radius 3 is 2.43 bits per heavy atom. The second-order valence-corrected chi connectivity index (χ2v) is 9.44. The third-order valence-electron chi connectivity index (χ3n) is 4.90. The lowest BCUT2D eigenvalue weighted by atomic mass is 10.2. The summed E-state index contributed by atoms with van der Waals surface area (Å²) in [5, 5.41) is 2.74. The molecule has 0 spiro atoms. The molecule has 0 bridgehead atoms. The lowest BCUT2D eigenvalue weighted by Gasteiger charge is -2.12. The first-order chi connectivity index (χ1) is 14.5.